The topological polar surface area (TPSA) is 92.1 Å². The number of para-hydroxylation sites is 1. The molecular formula is C23H19N3O3. The lowest BCUT2D eigenvalue weighted by atomic mass is 10.0. The SMILES string of the molecule is COC(=O)CC(NC(=O)C=Cc1ccc(C#N)cc1)c1cnc2ccccc2c1. The molecule has 0 aliphatic carbocycles. The Bertz CT molecular complexity index is 1100. The van der Waals surface area contributed by atoms with Crippen LogP contribution in [0, 0.1) is 11.3 Å². The van der Waals surface area contributed by atoms with Gasteiger partial charge in [0.25, 0.3) is 0 Å². The fraction of sp³-hybridized carbons (Fsp3) is 0.130. The number of nitrogens with zero attached hydrogens (tertiary/aromatic N) is 2. The monoisotopic (exact) mass is 385 g/mol. The van der Waals surface area contributed by atoms with Gasteiger partial charge in [-0.05, 0) is 41.5 Å². The fourth-order valence-corrected chi connectivity index (χ4v) is 2.84. The van der Waals surface area contributed by atoms with Gasteiger partial charge < -0.3 is 10.1 Å². The van der Waals surface area contributed by atoms with E-state index in [1.807, 2.05) is 36.4 Å². The minimum absolute atomic E-state index is 0.00698. The third-order valence-electron chi connectivity index (χ3n) is 4.40. The lowest BCUT2D eigenvalue weighted by Gasteiger charge is -2.17. The highest BCUT2D eigenvalue weighted by Gasteiger charge is 2.19. The summed E-state index contributed by atoms with van der Waals surface area (Å²) in [6, 6.07) is 17.9. The number of carbonyl (C=O) groups excluding carboxylic acids is 2. The Balaban J connectivity index is 1.78. The van der Waals surface area contributed by atoms with Gasteiger partial charge in [-0.3, -0.25) is 14.6 Å². The molecule has 0 aliphatic rings. The second kappa shape index (κ2) is 9.29. The first kappa shape index (κ1) is 19.8. The Morgan fingerprint density at radius 1 is 1.21 bits per heavy atom. The summed E-state index contributed by atoms with van der Waals surface area (Å²) in [5.74, 6) is -0.782. The number of nitriles is 1. The van der Waals surface area contributed by atoms with E-state index in [1.54, 1.807) is 36.5 Å². The summed E-state index contributed by atoms with van der Waals surface area (Å²) in [4.78, 5) is 28.7. The largest absolute Gasteiger partial charge is 0.469 e. The number of benzene rings is 2. The van der Waals surface area contributed by atoms with E-state index in [4.69, 9.17) is 10.00 Å². The lowest BCUT2D eigenvalue weighted by Crippen LogP contribution is -2.29. The van der Waals surface area contributed by atoms with Crippen LogP contribution in [0.4, 0.5) is 0 Å². The minimum Gasteiger partial charge on any atom is -0.469 e. The number of esters is 1. The Morgan fingerprint density at radius 3 is 2.69 bits per heavy atom. The Labute approximate surface area is 168 Å². The molecule has 0 aliphatic heterocycles. The van der Waals surface area contributed by atoms with Crippen molar-refractivity contribution >= 4 is 28.9 Å². The number of aromatic nitrogens is 1. The first-order valence-corrected chi connectivity index (χ1v) is 8.99. The van der Waals surface area contributed by atoms with E-state index < -0.39 is 12.0 Å². The lowest BCUT2D eigenvalue weighted by molar-refractivity contribution is -0.141. The molecular weight excluding hydrogens is 366 g/mol. The molecule has 6 nitrogen and oxygen atoms in total. The molecule has 0 saturated heterocycles. The number of carbonyl (C=O) groups is 2. The van der Waals surface area contributed by atoms with Gasteiger partial charge in [-0.15, -0.1) is 0 Å². The van der Waals surface area contributed by atoms with Gasteiger partial charge in [-0.1, -0.05) is 30.3 Å². The summed E-state index contributed by atoms with van der Waals surface area (Å²) >= 11 is 0. The average molecular weight is 385 g/mol. The molecule has 3 aromatic rings. The van der Waals surface area contributed by atoms with Crippen LogP contribution in [0.25, 0.3) is 17.0 Å². The van der Waals surface area contributed by atoms with Gasteiger partial charge in [0.15, 0.2) is 0 Å². The molecule has 1 amide bonds. The number of methoxy groups -OCH3 is 1. The normalized spacial score (nSPS) is 11.7. The van der Waals surface area contributed by atoms with Gasteiger partial charge >= 0.3 is 5.97 Å². The number of amides is 1. The molecule has 6 heteroatoms. The van der Waals surface area contributed by atoms with Crippen molar-refractivity contribution in [2.75, 3.05) is 7.11 Å². The van der Waals surface area contributed by atoms with Crippen LogP contribution >= 0.6 is 0 Å². The highest BCUT2D eigenvalue weighted by Crippen LogP contribution is 2.21. The first-order valence-electron chi connectivity index (χ1n) is 8.99. The van der Waals surface area contributed by atoms with Crippen LogP contribution in [0.2, 0.25) is 0 Å². The molecule has 0 bridgehead atoms. The van der Waals surface area contributed by atoms with Crippen LogP contribution in [0.5, 0.6) is 0 Å². The number of hydrogen-bond acceptors (Lipinski definition) is 5. The van der Waals surface area contributed by atoms with Crippen molar-refractivity contribution in [1.29, 1.82) is 5.26 Å². The average Bonchev–Trinajstić information content (AvgIpc) is 2.77. The maximum absolute atomic E-state index is 12.4. The van der Waals surface area contributed by atoms with E-state index in [1.165, 1.54) is 13.2 Å². The van der Waals surface area contributed by atoms with Crippen molar-refractivity contribution < 1.29 is 14.3 Å². The quantitative estimate of drug-likeness (QED) is 0.518. The minimum atomic E-state index is -0.572. The van der Waals surface area contributed by atoms with E-state index in [2.05, 4.69) is 10.3 Å². The number of rotatable bonds is 6. The maximum Gasteiger partial charge on any atom is 0.307 e. The van der Waals surface area contributed by atoms with Gasteiger partial charge in [-0.25, -0.2) is 0 Å². The molecule has 1 N–H and O–H groups in total. The summed E-state index contributed by atoms with van der Waals surface area (Å²) in [6.07, 6.45) is 4.68. The number of fused-ring (bicyclic) bond motifs is 1. The molecule has 1 aromatic heterocycles. The van der Waals surface area contributed by atoms with Crippen LogP contribution in [0.3, 0.4) is 0 Å². The predicted octanol–water partition coefficient (Wildman–Crippen LogP) is 3.54. The van der Waals surface area contributed by atoms with Crippen molar-refractivity contribution in [2.45, 2.75) is 12.5 Å². The maximum atomic E-state index is 12.4. The zero-order chi connectivity index (χ0) is 20.6. The smallest absolute Gasteiger partial charge is 0.307 e. The van der Waals surface area contributed by atoms with E-state index in [9.17, 15) is 9.59 Å². The molecule has 0 radical (unpaired) electrons. The van der Waals surface area contributed by atoms with Crippen molar-refractivity contribution in [3.8, 4) is 6.07 Å². The standard InChI is InChI=1S/C23H19N3O3/c1-29-23(28)13-21(19-12-18-4-2-3-5-20(18)25-15-19)26-22(27)11-10-16-6-8-17(14-24)9-7-16/h2-12,15,21H,13H2,1H3,(H,26,27). The van der Waals surface area contributed by atoms with Crippen molar-refractivity contribution in [2.24, 2.45) is 0 Å². The Morgan fingerprint density at radius 2 is 1.97 bits per heavy atom. The van der Waals surface area contributed by atoms with Crippen LogP contribution in [-0.4, -0.2) is 24.0 Å². The van der Waals surface area contributed by atoms with E-state index in [0.29, 0.717) is 11.1 Å². The summed E-state index contributed by atoms with van der Waals surface area (Å²) in [5, 5.41) is 12.6. The zero-order valence-corrected chi connectivity index (χ0v) is 15.8. The second-order valence-electron chi connectivity index (χ2n) is 6.37. The molecule has 2 aromatic carbocycles. The van der Waals surface area contributed by atoms with Crippen LogP contribution in [0.1, 0.15) is 29.2 Å². The van der Waals surface area contributed by atoms with Gasteiger partial charge in [0.1, 0.15) is 0 Å². The molecule has 0 fully saturated rings. The molecule has 1 atom stereocenters. The second-order valence-corrected chi connectivity index (χ2v) is 6.37. The van der Waals surface area contributed by atoms with Crippen LogP contribution < -0.4 is 5.32 Å². The molecule has 3 rings (SSSR count). The highest BCUT2D eigenvalue weighted by atomic mass is 16.5. The van der Waals surface area contributed by atoms with Crippen LogP contribution in [-0.2, 0) is 14.3 Å². The number of nitrogens with one attached hydrogen (secondary N) is 1. The fourth-order valence-electron chi connectivity index (χ4n) is 2.84. The molecule has 0 spiro atoms. The van der Waals surface area contributed by atoms with E-state index in [0.717, 1.165) is 16.5 Å². The zero-order valence-electron chi connectivity index (χ0n) is 15.8. The van der Waals surface area contributed by atoms with E-state index >= 15 is 0 Å². The molecule has 0 saturated carbocycles. The highest BCUT2D eigenvalue weighted by molar-refractivity contribution is 5.92. The summed E-state index contributed by atoms with van der Waals surface area (Å²) < 4.78 is 4.77. The van der Waals surface area contributed by atoms with E-state index in [-0.39, 0.29) is 12.3 Å². The van der Waals surface area contributed by atoms with Crippen molar-refractivity contribution in [3.63, 3.8) is 0 Å². The van der Waals surface area contributed by atoms with Crippen LogP contribution in [0.15, 0.2) is 66.9 Å². The third kappa shape index (κ3) is 5.27. The number of hydrogen-bond donors (Lipinski definition) is 1. The number of pyridine rings is 1. The van der Waals surface area contributed by atoms with Gasteiger partial charge in [0, 0.05) is 17.7 Å². The third-order valence-corrected chi connectivity index (χ3v) is 4.40. The van der Waals surface area contributed by atoms with Gasteiger partial charge in [-0.2, -0.15) is 5.26 Å². The first-order chi connectivity index (χ1) is 14.1. The van der Waals surface area contributed by atoms with Gasteiger partial charge in [0.05, 0.1) is 36.7 Å². The molecule has 1 unspecified atom stereocenters. The Kier molecular flexibility index (Phi) is 6.33. The summed E-state index contributed by atoms with van der Waals surface area (Å²) in [7, 11) is 1.31. The van der Waals surface area contributed by atoms with Crippen molar-refractivity contribution in [3.05, 3.63) is 83.6 Å². The molecule has 144 valence electrons. The summed E-state index contributed by atoms with van der Waals surface area (Å²) in [6.45, 7) is 0. The predicted molar refractivity (Wildman–Crippen MR) is 109 cm³/mol. The Hall–Kier alpha value is -3.98. The molecule has 1 heterocycles. The van der Waals surface area contributed by atoms with Gasteiger partial charge in [0.2, 0.25) is 5.91 Å². The molecule has 29 heavy (non-hydrogen) atoms. The van der Waals surface area contributed by atoms with Crippen molar-refractivity contribution in [1.82, 2.24) is 10.3 Å². The summed E-state index contributed by atoms with van der Waals surface area (Å²) in [5.41, 5.74) is 2.89. The number of ether oxygens (including phenoxy) is 1.